The van der Waals surface area contributed by atoms with Crippen LogP contribution in [0.3, 0.4) is 0 Å². The summed E-state index contributed by atoms with van der Waals surface area (Å²) >= 11 is 6.07. The molecular weight excluding hydrogens is 258 g/mol. The molecule has 0 aromatic heterocycles. The van der Waals surface area contributed by atoms with Crippen molar-refractivity contribution in [2.45, 2.75) is 51.2 Å². The molecule has 0 aliphatic heterocycles. The van der Waals surface area contributed by atoms with Gasteiger partial charge in [0.15, 0.2) is 0 Å². The van der Waals surface area contributed by atoms with Crippen LogP contribution in [0.1, 0.15) is 44.1 Å². The van der Waals surface area contributed by atoms with Gasteiger partial charge in [0.2, 0.25) is 0 Å². The summed E-state index contributed by atoms with van der Waals surface area (Å²) in [5.74, 6) is 0. The number of unbranched alkanes of at least 4 members (excludes halogenated alkanes) is 3. The predicted octanol–water partition coefficient (Wildman–Crippen LogP) is 4.17. The van der Waals surface area contributed by atoms with Crippen molar-refractivity contribution in [3.05, 3.63) is 34.9 Å². The van der Waals surface area contributed by atoms with Crippen LogP contribution in [0.15, 0.2) is 24.3 Å². The first kappa shape index (κ1) is 14.8. The van der Waals surface area contributed by atoms with Crippen molar-refractivity contribution in [2.75, 3.05) is 13.2 Å². The summed E-state index contributed by atoms with van der Waals surface area (Å²) < 4.78 is 5.66. The second kappa shape index (κ2) is 8.57. The molecule has 1 saturated carbocycles. The van der Waals surface area contributed by atoms with Gasteiger partial charge >= 0.3 is 0 Å². The Morgan fingerprint density at radius 3 is 2.68 bits per heavy atom. The van der Waals surface area contributed by atoms with Crippen molar-refractivity contribution >= 4 is 11.6 Å². The van der Waals surface area contributed by atoms with Gasteiger partial charge in [-0.25, -0.2) is 0 Å². The topological polar surface area (TPSA) is 21.3 Å². The smallest absolute Gasteiger partial charge is 0.0731 e. The number of hydrogen-bond donors (Lipinski definition) is 1. The lowest BCUT2D eigenvalue weighted by molar-refractivity contribution is 0.117. The van der Waals surface area contributed by atoms with E-state index in [0.29, 0.717) is 6.61 Å². The van der Waals surface area contributed by atoms with E-state index in [-0.39, 0.29) is 0 Å². The van der Waals surface area contributed by atoms with Gasteiger partial charge in [0, 0.05) is 17.7 Å². The summed E-state index contributed by atoms with van der Waals surface area (Å²) in [5, 5.41) is 4.34. The molecule has 0 amide bonds. The molecule has 1 aliphatic rings. The highest BCUT2D eigenvalue weighted by Gasteiger charge is 2.19. The van der Waals surface area contributed by atoms with Crippen LogP contribution in [0, 0.1) is 0 Å². The van der Waals surface area contributed by atoms with E-state index in [0.717, 1.165) is 29.7 Å². The minimum absolute atomic E-state index is 0.628. The molecule has 2 rings (SSSR count). The highest BCUT2D eigenvalue weighted by molar-refractivity contribution is 6.31. The number of hydrogen-bond acceptors (Lipinski definition) is 2. The molecule has 0 spiro atoms. The number of benzene rings is 1. The molecule has 0 bridgehead atoms. The molecule has 1 aromatic carbocycles. The molecule has 0 unspecified atom stereocenters. The lowest BCUT2D eigenvalue weighted by atomic mass is 10.2. The van der Waals surface area contributed by atoms with Crippen LogP contribution in [-0.2, 0) is 11.3 Å². The summed E-state index contributed by atoms with van der Waals surface area (Å²) in [6.07, 6.45) is 7.77. The van der Waals surface area contributed by atoms with Gasteiger partial charge in [0.1, 0.15) is 0 Å². The lowest BCUT2D eigenvalue weighted by Crippen LogP contribution is -2.17. The Labute approximate surface area is 121 Å². The molecular formula is C16H24ClNO. The quantitative estimate of drug-likeness (QED) is 0.650. The molecule has 0 heterocycles. The normalized spacial score (nSPS) is 14.8. The van der Waals surface area contributed by atoms with E-state index in [1.165, 1.54) is 38.6 Å². The maximum absolute atomic E-state index is 6.07. The molecule has 1 aromatic rings. The molecule has 0 atom stereocenters. The van der Waals surface area contributed by atoms with Crippen molar-refractivity contribution in [3.63, 3.8) is 0 Å². The van der Waals surface area contributed by atoms with Gasteiger partial charge in [-0.1, -0.05) is 42.6 Å². The van der Waals surface area contributed by atoms with E-state index < -0.39 is 0 Å². The molecule has 1 fully saturated rings. The zero-order chi connectivity index (χ0) is 13.3. The summed E-state index contributed by atoms with van der Waals surface area (Å²) in [7, 11) is 0. The van der Waals surface area contributed by atoms with E-state index in [1.807, 2.05) is 24.3 Å². The fourth-order valence-corrected chi connectivity index (χ4v) is 2.26. The zero-order valence-electron chi connectivity index (χ0n) is 11.5. The molecule has 2 nitrogen and oxygen atoms in total. The monoisotopic (exact) mass is 281 g/mol. The first-order chi connectivity index (χ1) is 9.36. The summed E-state index contributed by atoms with van der Waals surface area (Å²) in [6, 6.07) is 8.72. The second-order valence-electron chi connectivity index (χ2n) is 5.29. The number of halogens is 1. The first-order valence-electron chi connectivity index (χ1n) is 7.41. The Hall–Kier alpha value is -0.570. The minimum Gasteiger partial charge on any atom is -0.377 e. The Morgan fingerprint density at radius 1 is 1.11 bits per heavy atom. The summed E-state index contributed by atoms with van der Waals surface area (Å²) in [4.78, 5) is 0. The highest BCUT2D eigenvalue weighted by atomic mass is 35.5. The van der Waals surface area contributed by atoms with Crippen molar-refractivity contribution in [3.8, 4) is 0 Å². The summed E-state index contributed by atoms with van der Waals surface area (Å²) in [5.41, 5.74) is 1.08. The van der Waals surface area contributed by atoms with E-state index >= 15 is 0 Å². The summed E-state index contributed by atoms with van der Waals surface area (Å²) in [6.45, 7) is 2.65. The highest BCUT2D eigenvalue weighted by Crippen LogP contribution is 2.18. The number of nitrogens with one attached hydrogen (secondary N) is 1. The van der Waals surface area contributed by atoms with E-state index in [1.54, 1.807) is 0 Å². The molecule has 19 heavy (non-hydrogen) atoms. The van der Waals surface area contributed by atoms with Gasteiger partial charge in [-0.15, -0.1) is 0 Å². The van der Waals surface area contributed by atoms with Crippen LogP contribution in [0.25, 0.3) is 0 Å². The maximum atomic E-state index is 6.07. The predicted molar refractivity (Wildman–Crippen MR) is 80.6 cm³/mol. The van der Waals surface area contributed by atoms with Gasteiger partial charge in [0.25, 0.3) is 0 Å². The lowest BCUT2D eigenvalue weighted by Gasteiger charge is -2.06. The van der Waals surface area contributed by atoms with Crippen molar-refractivity contribution < 1.29 is 4.74 Å². The van der Waals surface area contributed by atoms with Crippen LogP contribution < -0.4 is 5.32 Å². The fraction of sp³-hybridized carbons (Fsp3) is 0.625. The van der Waals surface area contributed by atoms with Crippen LogP contribution in [0.2, 0.25) is 5.02 Å². The average molecular weight is 282 g/mol. The maximum Gasteiger partial charge on any atom is 0.0731 e. The van der Waals surface area contributed by atoms with Crippen LogP contribution in [0.4, 0.5) is 0 Å². The third-order valence-corrected chi connectivity index (χ3v) is 3.81. The Bertz CT molecular complexity index is 366. The Morgan fingerprint density at radius 2 is 1.89 bits per heavy atom. The van der Waals surface area contributed by atoms with Crippen LogP contribution in [0.5, 0.6) is 0 Å². The van der Waals surface area contributed by atoms with Gasteiger partial charge in [-0.05, 0) is 43.9 Å². The Balaban J connectivity index is 1.40. The van der Waals surface area contributed by atoms with E-state index in [4.69, 9.17) is 16.3 Å². The van der Waals surface area contributed by atoms with Gasteiger partial charge in [0.05, 0.1) is 6.61 Å². The number of ether oxygens (including phenoxy) is 1. The first-order valence-corrected chi connectivity index (χ1v) is 7.78. The average Bonchev–Trinajstić information content (AvgIpc) is 3.23. The molecule has 0 saturated heterocycles. The van der Waals surface area contributed by atoms with Crippen molar-refractivity contribution in [1.82, 2.24) is 5.32 Å². The fourth-order valence-electron chi connectivity index (χ4n) is 2.07. The molecule has 3 heteroatoms. The third kappa shape index (κ3) is 6.42. The molecule has 106 valence electrons. The molecule has 1 N–H and O–H groups in total. The molecule has 1 aliphatic carbocycles. The van der Waals surface area contributed by atoms with Gasteiger partial charge in [-0.2, -0.15) is 0 Å². The van der Waals surface area contributed by atoms with Crippen LogP contribution in [-0.4, -0.2) is 19.2 Å². The minimum atomic E-state index is 0.628. The largest absolute Gasteiger partial charge is 0.377 e. The standard InChI is InChI=1S/C16H24ClNO/c17-16-8-4-3-7-14(16)13-19-12-6-2-1-5-11-18-15-9-10-15/h3-4,7-8,15,18H,1-2,5-6,9-13H2. The van der Waals surface area contributed by atoms with Crippen molar-refractivity contribution in [1.29, 1.82) is 0 Å². The SMILES string of the molecule is Clc1ccccc1COCCCCCCNC1CC1. The van der Waals surface area contributed by atoms with E-state index in [2.05, 4.69) is 5.32 Å². The van der Waals surface area contributed by atoms with Crippen molar-refractivity contribution in [2.24, 2.45) is 0 Å². The van der Waals surface area contributed by atoms with Crippen LogP contribution >= 0.6 is 11.6 Å². The number of rotatable bonds is 10. The third-order valence-electron chi connectivity index (χ3n) is 3.44. The Kier molecular flexibility index (Phi) is 6.69. The van der Waals surface area contributed by atoms with E-state index in [9.17, 15) is 0 Å². The molecule has 0 radical (unpaired) electrons. The van der Waals surface area contributed by atoms with Gasteiger partial charge < -0.3 is 10.1 Å². The zero-order valence-corrected chi connectivity index (χ0v) is 12.3. The second-order valence-corrected chi connectivity index (χ2v) is 5.69. The van der Waals surface area contributed by atoms with Gasteiger partial charge in [-0.3, -0.25) is 0 Å².